The third-order valence-corrected chi connectivity index (χ3v) is 4.22. The van der Waals surface area contributed by atoms with Gasteiger partial charge < -0.3 is 15.2 Å². The van der Waals surface area contributed by atoms with Crippen LogP contribution in [0.4, 0.5) is 5.69 Å². The zero-order valence-corrected chi connectivity index (χ0v) is 11.3. The Morgan fingerprint density at radius 2 is 2.06 bits per heavy atom. The van der Waals surface area contributed by atoms with E-state index in [1.807, 2.05) is 24.3 Å². The number of nitrogens with one attached hydrogen (secondary N) is 1. The SMILES string of the molecule is COc1ccc(NC2(CO)CCCCC2C)cc1. The van der Waals surface area contributed by atoms with E-state index in [1.54, 1.807) is 7.11 Å². The van der Waals surface area contributed by atoms with Crippen molar-refractivity contribution in [1.82, 2.24) is 0 Å². The number of anilines is 1. The molecule has 2 N–H and O–H groups in total. The predicted octanol–water partition coefficient (Wildman–Crippen LogP) is 3.05. The van der Waals surface area contributed by atoms with Gasteiger partial charge in [-0.25, -0.2) is 0 Å². The molecule has 2 unspecified atom stereocenters. The van der Waals surface area contributed by atoms with Gasteiger partial charge in [-0.15, -0.1) is 0 Å². The molecule has 1 aliphatic carbocycles. The molecule has 1 saturated carbocycles. The van der Waals surface area contributed by atoms with Gasteiger partial charge in [0.05, 0.1) is 19.3 Å². The summed E-state index contributed by atoms with van der Waals surface area (Å²) < 4.78 is 5.15. The largest absolute Gasteiger partial charge is 0.497 e. The minimum Gasteiger partial charge on any atom is -0.497 e. The Morgan fingerprint density at radius 3 is 2.61 bits per heavy atom. The van der Waals surface area contributed by atoms with Crippen LogP contribution in [0.1, 0.15) is 32.6 Å². The second-order valence-corrected chi connectivity index (χ2v) is 5.31. The van der Waals surface area contributed by atoms with Gasteiger partial charge in [0.2, 0.25) is 0 Å². The van der Waals surface area contributed by atoms with E-state index in [-0.39, 0.29) is 12.1 Å². The summed E-state index contributed by atoms with van der Waals surface area (Å²) >= 11 is 0. The van der Waals surface area contributed by atoms with Crippen molar-refractivity contribution in [3.8, 4) is 5.75 Å². The maximum atomic E-state index is 9.79. The minimum atomic E-state index is -0.160. The van der Waals surface area contributed by atoms with Gasteiger partial charge in [0.15, 0.2) is 0 Å². The van der Waals surface area contributed by atoms with Crippen LogP contribution in [-0.2, 0) is 0 Å². The van der Waals surface area contributed by atoms with Crippen molar-refractivity contribution in [2.24, 2.45) is 5.92 Å². The zero-order chi connectivity index (χ0) is 13.0. The minimum absolute atomic E-state index is 0.160. The van der Waals surface area contributed by atoms with Crippen LogP contribution in [0.25, 0.3) is 0 Å². The molecule has 1 aromatic carbocycles. The summed E-state index contributed by atoms with van der Waals surface area (Å²) in [7, 11) is 1.67. The topological polar surface area (TPSA) is 41.5 Å². The third-order valence-electron chi connectivity index (χ3n) is 4.22. The lowest BCUT2D eigenvalue weighted by Crippen LogP contribution is -2.49. The van der Waals surface area contributed by atoms with Crippen LogP contribution in [0.5, 0.6) is 5.75 Å². The molecule has 3 nitrogen and oxygen atoms in total. The first-order valence-electron chi connectivity index (χ1n) is 6.73. The molecule has 0 aliphatic heterocycles. The highest BCUT2D eigenvalue weighted by Gasteiger charge is 2.37. The van der Waals surface area contributed by atoms with Gasteiger partial charge in [-0.1, -0.05) is 19.8 Å². The van der Waals surface area contributed by atoms with Crippen LogP contribution in [0.3, 0.4) is 0 Å². The van der Waals surface area contributed by atoms with Crippen molar-refractivity contribution < 1.29 is 9.84 Å². The first kappa shape index (κ1) is 13.2. The molecule has 2 rings (SSSR count). The molecule has 2 atom stereocenters. The fourth-order valence-corrected chi connectivity index (χ4v) is 2.84. The molecule has 0 saturated heterocycles. The molecule has 3 heteroatoms. The summed E-state index contributed by atoms with van der Waals surface area (Å²) in [5, 5.41) is 13.3. The van der Waals surface area contributed by atoms with Crippen molar-refractivity contribution in [3.05, 3.63) is 24.3 Å². The Hall–Kier alpha value is -1.22. The van der Waals surface area contributed by atoms with E-state index in [4.69, 9.17) is 4.74 Å². The van der Waals surface area contributed by atoms with E-state index in [1.165, 1.54) is 19.3 Å². The van der Waals surface area contributed by atoms with E-state index < -0.39 is 0 Å². The van der Waals surface area contributed by atoms with Crippen LogP contribution in [0, 0.1) is 5.92 Å². The van der Waals surface area contributed by atoms with Crippen molar-refractivity contribution >= 4 is 5.69 Å². The summed E-state index contributed by atoms with van der Waals surface area (Å²) in [5.74, 6) is 1.36. The molecule has 0 heterocycles. The summed E-state index contributed by atoms with van der Waals surface area (Å²) in [5.41, 5.74) is 0.894. The van der Waals surface area contributed by atoms with E-state index in [0.717, 1.165) is 17.9 Å². The molecule has 0 aromatic heterocycles. The van der Waals surface area contributed by atoms with Gasteiger partial charge in [0.1, 0.15) is 5.75 Å². The number of ether oxygens (including phenoxy) is 1. The first-order valence-corrected chi connectivity index (χ1v) is 6.73. The number of aliphatic hydroxyl groups excluding tert-OH is 1. The molecule has 0 spiro atoms. The Bertz CT molecular complexity index is 377. The number of methoxy groups -OCH3 is 1. The number of benzene rings is 1. The van der Waals surface area contributed by atoms with Gasteiger partial charge >= 0.3 is 0 Å². The van der Waals surface area contributed by atoms with Crippen molar-refractivity contribution in [2.75, 3.05) is 19.0 Å². The number of aliphatic hydroxyl groups is 1. The molecule has 1 aliphatic rings. The highest BCUT2D eigenvalue weighted by atomic mass is 16.5. The fraction of sp³-hybridized carbons (Fsp3) is 0.600. The van der Waals surface area contributed by atoms with Crippen molar-refractivity contribution in [1.29, 1.82) is 0 Å². The zero-order valence-electron chi connectivity index (χ0n) is 11.3. The monoisotopic (exact) mass is 249 g/mol. The Balaban J connectivity index is 2.13. The molecule has 0 radical (unpaired) electrons. The van der Waals surface area contributed by atoms with Crippen molar-refractivity contribution in [2.45, 2.75) is 38.1 Å². The van der Waals surface area contributed by atoms with Gasteiger partial charge in [-0.2, -0.15) is 0 Å². The molecular weight excluding hydrogens is 226 g/mol. The molecule has 0 bridgehead atoms. The average Bonchev–Trinajstić information content (AvgIpc) is 2.42. The fourth-order valence-electron chi connectivity index (χ4n) is 2.84. The normalized spacial score (nSPS) is 27.8. The van der Waals surface area contributed by atoms with E-state index in [9.17, 15) is 5.11 Å². The Kier molecular flexibility index (Phi) is 4.12. The molecule has 100 valence electrons. The van der Waals surface area contributed by atoms with Gasteiger partial charge in [0.25, 0.3) is 0 Å². The molecule has 0 amide bonds. The van der Waals surface area contributed by atoms with E-state index in [0.29, 0.717) is 5.92 Å². The highest BCUT2D eigenvalue weighted by Crippen LogP contribution is 2.36. The van der Waals surface area contributed by atoms with Crippen LogP contribution >= 0.6 is 0 Å². The van der Waals surface area contributed by atoms with E-state index in [2.05, 4.69) is 12.2 Å². The summed E-state index contributed by atoms with van der Waals surface area (Å²) in [6.07, 6.45) is 4.68. The predicted molar refractivity (Wildman–Crippen MR) is 74.1 cm³/mol. The van der Waals surface area contributed by atoms with E-state index >= 15 is 0 Å². The lowest BCUT2D eigenvalue weighted by atomic mass is 9.74. The molecule has 18 heavy (non-hydrogen) atoms. The highest BCUT2D eigenvalue weighted by molar-refractivity contribution is 5.48. The summed E-state index contributed by atoms with van der Waals surface area (Å²) in [4.78, 5) is 0. The number of rotatable bonds is 4. The first-order chi connectivity index (χ1) is 8.70. The smallest absolute Gasteiger partial charge is 0.119 e. The molecule has 1 aromatic rings. The lowest BCUT2D eigenvalue weighted by Gasteiger charge is -2.42. The Labute approximate surface area is 109 Å². The van der Waals surface area contributed by atoms with Gasteiger partial charge in [-0.3, -0.25) is 0 Å². The second kappa shape index (κ2) is 5.61. The maximum Gasteiger partial charge on any atom is 0.119 e. The van der Waals surface area contributed by atoms with Crippen molar-refractivity contribution in [3.63, 3.8) is 0 Å². The number of hydrogen-bond acceptors (Lipinski definition) is 3. The second-order valence-electron chi connectivity index (χ2n) is 5.31. The lowest BCUT2D eigenvalue weighted by molar-refractivity contribution is 0.126. The quantitative estimate of drug-likeness (QED) is 0.861. The van der Waals surface area contributed by atoms with Crippen LogP contribution in [0.2, 0.25) is 0 Å². The molecular formula is C15H23NO2. The Morgan fingerprint density at radius 1 is 1.33 bits per heavy atom. The van der Waals surface area contributed by atoms with Crippen LogP contribution < -0.4 is 10.1 Å². The van der Waals surface area contributed by atoms with Crippen LogP contribution in [0.15, 0.2) is 24.3 Å². The standard InChI is InChI=1S/C15H23NO2/c1-12-5-3-4-10-15(12,11-17)16-13-6-8-14(18-2)9-7-13/h6-9,12,16-17H,3-5,10-11H2,1-2H3. The van der Waals surface area contributed by atoms with Gasteiger partial charge in [0, 0.05) is 5.69 Å². The average molecular weight is 249 g/mol. The molecule has 1 fully saturated rings. The summed E-state index contributed by atoms with van der Waals surface area (Å²) in [6.45, 7) is 2.42. The summed E-state index contributed by atoms with van der Waals surface area (Å²) in [6, 6.07) is 7.91. The maximum absolute atomic E-state index is 9.79. The number of hydrogen-bond donors (Lipinski definition) is 2. The third kappa shape index (κ3) is 2.61. The van der Waals surface area contributed by atoms with Gasteiger partial charge in [-0.05, 0) is 43.0 Å². The van der Waals surface area contributed by atoms with Crippen LogP contribution in [-0.4, -0.2) is 24.4 Å².